The SMILES string of the molecule is CC1CN(C(C)CNCC(F)(F)F)CC(C)O1. The smallest absolute Gasteiger partial charge is 0.373 e. The second-order valence-corrected chi connectivity index (χ2v) is 4.81. The van der Waals surface area contributed by atoms with E-state index in [9.17, 15) is 13.2 Å². The number of nitrogens with one attached hydrogen (secondary N) is 1. The van der Waals surface area contributed by atoms with Crippen LogP contribution in [0, 0.1) is 0 Å². The van der Waals surface area contributed by atoms with E-state index in [0.717, 1.165) is 13.1 Å². The monoisotopic (exact) mass is 254 g/mol. The molecular weight excluding hydrogens is 233 g/mol. The molecule has 102 valence electrons. The molecule has 1 saturated heterocycles. The molecule has 1 aliphatic rings. The van der Waals surface area contributed by atoms with Gasteiger partial charge in [0.2, 0.25) is 0 Å². The standard InChI is InChI=1S/C11H21F3N2O/c1-8(4-15-7-11(12,13)14)16-5-9(2)17-10(3)6-16/h8-10,15H,4-7H2,1-3H3. The van der Waals surface area contributed by atoms with Gasteiger partial charge in [-0.05, 0) is 20.8 Å². The van der Waals surface area contributed by atoms with E-state index in [1.165, 1.54) is 0 Å². The second kappa shape index (κ2) is 6.02. The molecule has 1 N–H and O–H groups in total. The molecule has 0 amide bonds. The van der Waals surface area contributed by atoms with E-state index >= 15 is 0 Å². The summed E-state index contributed by atoms with van der Waals surface area (Å²) in [5, 5.41) is 2.44. The lowest BCUT2D eigenvalue weighted by Crippen LogP contribution is -2.52. The maximum absolute atomic E-state index is 12.0. The lowest BCUT2D eigenvalue weighted by Gasteiger charge is -2.39. The Morgan fingerprint density at radius 2 is 1.82 bits per heavy atom. The molecule has 6 heteroatoms. The van der Waals surface area contributed by atoms with E-state index in [1.807, 2.05) is 20.8 Å². The zero-order chi connectivity index (χ0) is 13.1. The van der Waals surface area contributed by atoms with E-state index in [2.05, 4.69) is 10.2 Å². The van der Waals surface area contributed by atoms with Gasteiger partial charge in [-0.25, -0.2) is 0 Å². The van der Waals surface area contributed by atoms with Gasteiger partial charge in [-0.15, -0.1) is 0 Å². The van der Waals surface area contributed by atoms with Crippen LogP contribution in [-0.2, 0) is 4.74 Å². The first-order chi connectivity index (χ1) is 7.78. The molecule has 3 atom stereocenters. The zero-order valence-electron chi connectivity index (χ0n) is 10.5. The first-order valence-electron chi connectivity index (χ1n) is 5.95. The Balaban J connectivity index is 2.29. The fraction of sp³-hybridized carbons (Fsp3) is 1.00. The molecule has 3 unspecified atom stereocenters. The maximum Gasteiger partial charge on any atom is 0.401 e. The first-order valence-corrected chi connectivity index (χ1v) is 5.95. The molecule has 0 aromatic rings. The van der Waals surface area contributed by atoms with Crippen molar-refractivity contribution in [2.45, 2.75) is 45.2 Å². The molecule has 0 aromatic heterocycles. The van der Waals surface area contributed by atoms with Crippen molar-refractivity contribution in [3.8, 4) is 0 Å². The van der Waals surface area contributed by atoms with Gasteiger partial charge in [0, 0.05) is 25.7 Å². The highest BCUT2D eigenvalue weighted by Gasteiger charge is 2.28. The summed E-state index contributed by atoms with van der Waals surface area (Å²) in [4.78, 5) is 2.17. The molecule has 17 heavy (non-hydrogen) atoms. The van der Waals surface area contributed by atoms with Crippen LogP contribution in [0.3, 0.4) is 0 Å². The van der Waals surface area contributed by atoms with E-state index in [1.54, 1.807) is 0 Å². The number of morpholine rings is 1. The lowest BCUT2D eigenvalue weighted by molar-refractivity contribution is -0.126. The number of hydrogen-bond acceptors (Lipinski definition) is 3. The highest BCUT2D eigenvalue weighted by Crippen LogP contribution is 2.14. The predicted molar refractivity (Wildman–Crippen MR) is 60.0 cm³/mol. The van der Waals surface area contributed by atoms with E-state index in [4.69, 9.17) is 4.74 Å². The highest BCUT2D eigenvalue weighted by molar-refractivity contribution is 4.79. The van der Waals surface area contributed by atoms with Gasteiger partial charge in [0.15, 0.2) is 0 Å². The third kappa shape index (κ3) is 5.70. The van der Waals surface area contributed by atoms with Crippen LogP contribution in [0.2, 0.25) is 0 Å². The molecule has 0 saturated carbocycles. The quantitative estimate of drug-likeness (QED) is 0.825. The largest absolute Gasteiger partial charge is 0.401 e. The van der Waals surface area contributed by atoms with Gasteiger partial charge in [0.1, 0.15) is 0 Å². The number of alkyl halides is 3. The number of halogens is 3. The summed E-state index contributed by atoms with van der Waals surface area (Å²) in [6, 6.07) is 0.0890. The summed E-state index contributed by atoms with van der Waals surface area (Å²) < 4.78 is 41.5. The Hall–Kier alpha value is -0.330. The van der Waals surface area contributed by atoms with Crippen molar-refractivity contribution in [2.24, 2.45) is 0 Å². The van der Waals surface area contributed by atoms with Crippen molar-refractivity contribution >= 4 is 0 Å². The summed E-state index contributed by atoms with van der Waals surface area (Å²) >= 11 is 0. The minimum Gasteiger partial charge on any atom is -0.373 e. The van der Waals surface area contributed by atoms with Crippen molar-refractivity contribution in [3.05, 3.63) is 0 Å². The van der Waals surface area contributed by atoms with Crippen molar-refractivity contribution in [1.29, 1.82) is 0 Å². The Kier molecular flexibility index (Phi) is 5.22. The summed E-state index contributed by atoms with van der Waals surface area (Å²) in [6.45, 7) is 6.88. The lowest BCUT2D eigenvalue weighted by atomic mass is 10.2. The number of rotatable bonds is 4. The molecule has 0 bridgehead atoms. The van der Waals surface area contributed by atoms with Gasteiger partial charge in [0.25, 0.3) is 0 Å². The third-order valence-corrected chi connectivity index (χ3v) is 2.84. The molecular formula is C11H21F3N2O. The summed E-state index contributed by atoms with van der Waals surface area (Å²) in [5.41, 5.74) is 0. The Morgan fingerprint density at radius 1 is 1.29 bits per heavy atom. The average Bonchev–Trinajstić information content (AvgIpc) is 2.13. The summed E-state index contributed by atoms with van der Waals surface area (Å²) in [6.07, 6.45) is -3.85. The zero-order valence-corrected chi connectivity index (χ0v) is 10.5. The van der Waals surface area contributed by atoms with E-state index in [-0.39, 0.29) is 18.2 Å². The Labute approximate surface area is 100 Å². The number of nitrogens with zero attached hydrogens (tertiary/aromatic N) is 1. The molecule has 3 nitrogen and oxygen atoms in total. The van der Waals surface area contributed by atoms with Gasteiger partial charge >= 0.3 is 6.18 Å². The van der Waals surface area contributed by atoms with E-state index in [0.29, 0.717) is 6.54 Å². The van der Waals surface area contributed by atoms with Gasteiger partial charge in [0.05, 0.1) is 18.8 Å². The van der Waals surface area contributed by atoms with Gasteiger partial charge in [-0.3, -0.25) is 4.90 Å². The van der Waals surface area contributed by atoms with Crippen LogP contribution in [0.25, 0.3) is 0 Å². The van der Waals surface area contributed by atoms with Crippen LogP contribution in [-0.4, -0.2) is 55.5 Å². The Morgan fingerprint density at radius 3 is 2.29 bits per heavy atom. The van der Waals surface area contributed by atoms with Crippen molar-refractivity contribution in [2.75, 3.05) is 26.2 Å². The molecule has 0 spiro atoms. The molecule has 1 heterocycles. The highest BCUT2D eigenvalue weighted by atomic mass is 19.4. The minimum atomic E-state index is -4.13. The van der Waals surface area contributed by atoms with Crippen LogP contribution >= 0.6 is 0 Å². The van der Waals surface area contributed by atoms with Gasteiger partial charge in [-0.2, -0.15) is 13.2 Å². The van der Waals surface area contributed by atoms with Crippen LogP contribution < -0.4 is 5.32 Å². The van der Waals surface area contributed by atoms with Crippen LogP contribution in [0.4, 0.5) is 13.2 Å². The minimum absolute atomic E-state index is 0.0890. The molecule has 1 fully saturated rings. The van der Waals surface area contributed by atoms with Gasteiger partial charge < -0.3 is 10.1 Å². The fourth-order valence-corrected chi connectivity index (χ4v) is 2.13. The predicted octanol–water partition coefficient (Wildman–Crippen LogP) is 1.64. The molecule has 0 aliphatic carbocycles. The van der Waals surface area contributed by atoms with Crippen molar-refractivity contribution in [3.63, 3.8) is 0 Å². The third-order valence-electron chi connectivity index (χ3n) is 2.84. The topological polar surface area (TPSA) is 24.5 Å². The average molecular weight is 254 g/mol. The fourth-order valence-electron chi connectivity index (χ4n) is 2.13. The number of ether oxygens (including phenoxy) is 1. The number of hydrogen-bond donors (Lipinski definition) is 1. The molecule has 1 rings (SSSR count). The van der Waals surface area contributed by atoms with E-state index < -0.39 is 12.7 Å². The van der Waals surface area contributed by atoms with Crippen molar-refractivity contribution in [1.82, 2.24) is 10.2 Å². The normalized spacial score (nSPS) is 29.3. The molecule has 0 radical (unpaired) electrons. The van der Waals surface area contributed by atoms with Gasteiger partial charge in [-0.1, -0.05) is 0 Å². The molecule has 0 aromatic carbocycles. The first kappa shape index (κ1) is 14.7. The summed E-state index contributed by atoms with van der Waals surface area (Å²) in [5.74, 6) is 0. The van der Waals surface area contributed by atoms with Crippen molar-refractivity contribution < 1.29 is 17.9 Å². The van der Waals surface area contributed by atoms with Crippen LogP contribution in [0.15, 0.2) is 0 Å². The Bertz CT molecular complexity index is 225. The maximum atomic E-state index is 12.0. The molecule has 1 aliphatic heterocycles. The van der Waals surface area contributed by atoms with Crippen LogP contribution in [0.1, 0.15) is 20.8 Å². The summed E-state index contributed by atoms with van der Waals surface area (Å²) in [7, 11) is 0. The van der Waals surface area contributed by atoms with Crippen LogP contribution in [0.5, 0.6) is 0 Å². The second-order valence-electron chi connectivity index (χ2n) is 4.81.